The van der Waals surface area contributed by atoms with Crippen LogP contribution < -0.4 is 0 Å². The SMILES string of the molecule is CCC1C[N+](CC(O)CO)(CC(O)CO)CC1CC. The smallest absolute Gasteiger partial charge is 0.126 e. The van der Waals surface area contributed by atoms with Crippen molar-refractivity contribution in [3.63, 3.8) is 0 Å². The van der Waals surface area contributed by atoms with Crippen molar-refractivity contribution >= 4 is 0 Å². The van der Waals surface area contributed by atoms with E-state index in [9.17, 15) is 10.2 Å². The average Bonchev–Trinajstić information content (AvgIpc) is 2.76. The summed E-state index contributed by atoms with van der Waals surface area (Å²) in [6, 6.07) is 0. The van der Waals surface area contributed by atoms with Crippen molar-refractivity contribution in [3.8, 4) is 0 Å². The van der Waals surface area contributed by atoms with E-state index in [1.807, 2.05) is 0 Å². The van der Waals surface area contributed by atoms with Crippen molar-refractivity contribution in [2.75, 3.05) is 39.4 Å². The maximum absolute atomic E-state index is 9.78. The summed E-state index contributed by atoms with van der Waals surface area (Å²) in [5, 5.41) is 37.7. The third kappa shape index (κ3) is 4.39. The fourth-order valence-electron chi connectivity index (χ4n) is 3.67. The number of hydrogen-bond acceptors (Lipinski definition) is 4. The number of rotatable bonds is 8. The molecule has 1 aliphatic heterocycles. The van der Waals surface area contributed by atoms with Crippen molar-refractivity contribution in [1.82, 2.24) is 0 Å². The van der Waals surface area contributed by atoms with Crippen LogP contribution in [0.4, 0.5) is 0 Å². The second-order valence-electron chi connectivity index (χ2n) is 6.08. The second-order valence-corrected chi connectivity index (χ2v) is 6.08. The van der Waals surface area contributed by atoms with E-state index in [-0.39, 0.29) is 13.2 Å². The topological polar surface area (TPSA) is 80.9 Å². The molecule has 4 atom stereocenters. The molecule has 19 heavy (non-hydrogen) atoms. The van der Waals surface area contributed by atoms with Gasteiger partial charge in [0.2, 0.25) is 0 Å². The van der Waals surface area contributed by atoms with Crippen molar-refractivity contribution in [3.05, 3.63) is 0 Å². The van der Waals surface area contributed by atoms with Crippen LogP contribution >= 0.6 is 0 Å². The van der Waals surface area contributed by atoms with Gasteiger partial charge in [-0.2, -0.15) is 0 Å². The fraction of sp³-hybridized carbons (Fsp3) is 1.00. The second kappa shape index (κ2) is 7.55. The molecule has 114 valence electrons. The molecule has 4 unspecified atom stereocenters. The Kier molecular flexibility index (Phi) is 6.69. The Bertz CT molecular complexity index is 236. The molecule has 0 radical (unpaired) electrons. The Hall–Kier alpha value is -0.200. The zero-order valence-electron chi connectivity index (χ0n) is 12.2. The summed E-state index contributed by atoms with van der Waals surface area (Å²) in [6.45, 7) is 6.62. The predicted molar refractivity (Wildman–Crippen MR) is 73.5 cm³/mol. The molecule has 0 saturated carbocycles. The quantitative estimate of drug-likeness (QED) is 0.454. The van der Waals surface area contributed by atoms with Gasteiger partial charge in [0, 0.05) is 11.8 Å². The van der Waals surface area contributed by atoms with E-state index in [1.54, 1.807) is 0 Å². The van der Waals surface area contributed by atoms with Gasteiger partial charge in [-0.3, -0.25) is 0 Å². The van der Waals surface area contributed by atoms with Gasteiger partial charge in [0.15, 0.2) is 0 Å². The van der Waals surface area contributed by atoms with Gasteiger partial charge in [-0.15, -0.1) is 0 Å². The first-order valence-electron chi connectivity index (χ1n) is 7.43. The number of nitrogens with zero attached hydrogens (tertiary/aromatic N) is 1. The van der Waals surface area contributed by atoms with Crippen LogP contribution in [0.15, 0.2) is 0 Å². The van der Waals surface area contributed by atoms with Gasteiger partial charge < -0.3 is 24.9 Å². The van der Waals surface area contributed by atoms with Crippen molar-refractivity contribution < 1.29 is 24.9 Å². The highest BCUT2D eigenvalue weighted by Gasteiger charge is 2.45. The van der Waals surface area contributed by atoms with E-state index < -0.39 is 12.2 Å². The van der Waals surface area contributed by atoms with Crippen molar-refractivity contribution in [1.29, 1.82) is 0 Å². The molecule has 0 aliphatic carbocycles. The van der Waals surface area contributed by atoms with Crippen molar-refractivity contribution in [2.24, 2.45) is 11.8 Å². The normalized spacial score (nSPS) is 34.4. The van der Waals surface area contributed by atoms with Gasteiger partial charge in [-0.25, -0.2) is 0 Å². The first kappa shape index (κ1) is 16.9. The lowest BCUT2D eigenvalue weighted by molar-refractivity contribution is -0.925. The summed E-state index contributed by atoms with van der Waals surface area (Å²) in [4.78, 5) is 0. The number of aliphatic hydroxyl groups excluding tert-OH is 4. The molecule has 0 amide bonds. The number of likely N-dealkylation sites (tertiary alicyclic amines) is 1. The van der Waals surface area contributed by atoms with Gasteiger partial charge in [0.05, 0.1) is 26.3 Å². The number of quaternary nitrogens is 1. The van der Waals surface area contributed by atoms with E-state index in [2.05, 4.69) is 13.8 Å². The highest BCUT2D eigenvalue weighted by molar-refractivity contribution is 4.77. The molecule has 0 aromatic heterocycles. The molecule has 0 bridgehead atoms. The third-order valence-corrected chi connectivity index (χ3v) is 4.58. The predicted octanol–water partition coefficient (Wildman–Crippen LogP) is -0.424. The minimum atomic E-state index is -0.751. The first-order valence-corrected chi connectivity index (χ1v) is 7.43. The third-order valence-electron chi connectivity index (χ3n) is 4.58. The molecule has 5 nitrogen and oxygen atoms in total. The lowest BCUT2D eigenvalue weighted by Crippen LogP contribution is -2.55. The summed E-state index contributed by atoms with van der Waals surface area (Å²) >= 11 is 0. The largest absolute Gasteiger partial charge is 0.393 e. The summed E-state index contributed by atoms with van der Waals surface area (Å²) in [7, 11) is 0. The molecule has 0 aromatic rings. The van der Waals surface area contributed by atoms with Crippen LogP contribution in [0.1, 0.15) is 26.7 Å². The molecule has 1 saturated heterocycles. The van der Waals surface area contributed by atoms with Crippen LogP contribution in [-0.2, 0) is 0 Å². The van der Waals surface area contributed by atoms with E-state index in [0.29, 0.717) is 29.4 Å². The minimum Gasteiger partial charge on any atom is -0.393 e. The first-order chi connectivity index (χ1) is 9.00. The van der Waals surface area contributed by atoms with E-state index in [0.717, 1.165) is 25.9 Å². The average molecular weight is 276 g/mol. The van der Waals surface area contributed by atoms with E-state index in [4.69, 9.17) is 10.2 Å². The Balaban J connectivity index is 2.81. The van der Waals surface area contributed by atoms with Crippen LogP contribution in [-0.4, -0.2) is 76.5 Å². The molecule has 1 fully saturated rings. The molecular weight excluding hydrogens is 246 g/mol. The zero-order valence-corrected chi connectivity index (χ0v) is 12.2. The molecule has 0 spiro atoms. The molecule has 0 aromatic carbocycles. The molecule has 4 N–H and O–H groups in total. The van der Waals surface area contributed by atoms with Crippen LogP contribution in [0.2, 0.25) is 0 Å². The summed E-state index contributed by atoms with van der Waals surface area (Å²) in [5.41, 5.74) is 0. The Morgan fingerprint density at radius 1 is 0.895 bits per heavy atom. The zero-order chi connectivity index (χ0) is 14.5. The monoisotopic (exact) mass is 276 g/mol. The van der Waals surface area contributed by atoms with E-state index in [1.165, 1.54) is 0 Å². The van der Waals surface area contributed by atoms with Crippen LogP contribution in [0.25, 0.3) is 0 Å². The van der Waals surface area contributed by atoms with Crippen LogP contribution in [0.3, 0.4) is 0 Å². The maximum Gasteiger partial charge on any atom is 0.126 e. The van der Waals surface area contributed by atoms with Gasteiger partial charge in [-0.05, 0) is 12.8 Å². The lowest BCUT2D eigenvalue weighted by Gasteiger charge is -2.37. The van der Waals surface area contributed by atoms with E-state index >= 15 is 0 Å². The number of aliphatic hydroxyl groups is 4. The molecule has 1 rings (SSSR count). The molecule has 5 heteroatoms. The Morgan fingerprint density at radius 3 is 1.53 bits per heavy atom. The highest BCUT2D eigenvalue weighted by atomic mass is 16.3. The Morgan fingerprint density at radius 2 is 1.26 bits per heavy atom. The summed E-state index contributed by atoms with van der Waals surface area (Å²) < 4.78 is 0.612. The van der Waals surface area contributed by atoms with Crippen molar-refractivity contribution in [2.45, 2.75) is 38.9 Å². The minimum absolute atomic E-state index is 0.247. The van der Waals surface area contributed by atoms with Crippen LogP contribution in [0, 0.1) is 11.8 Å². The summed E-state index contributed by atoms with van der Waals surface area (Å²) in [6.07, 6.45) is 0.698. The van der Waals surface area contributed by atoms with Gasteiger partial charge in [0.1, 0.15) is 25.3 Å². The highest BCUT2D eigenvalue weighted by Crippen LogP contribution is 2.34. The molecule has 1 heterocycles. The van der Waals surface area contributed by atoms with Gasteiger partial charge >= 0.3 is 0 Å². The van der Waals surface area contributed by atoms with Gasteiger partial charge in [-0.1, -0.05) is 13.8 Å². The lowest BCUT2D eigenvalue weighted by atomic mass is 9.92. The van der Waals surface area contributed by atoms with Crippen LogP contribution in [0.5, 0.6) is 0 Å². The Labute approximate surface area is 116 Å². The molecule has 1 aliphatic rings. The number of hydrogen-bond donors (Lipinski definition) is 4. The summed E-state index contributed by atoms with van der Waals surface area (Å²) in [5.74, 6) is 1.20. The maximum atomic E-state index is 9.78. The molecular formula is C14H30NO4+. The van der Waals surface area contributed by atoms with Gasteiger partial charge in [0.25, 0.3) is 0 Å². The standard InChI is InChI=1S/C14H30NO4/c1-3-11-5-15(6-12(11)4-2,7-13(18)9-16)8-14(19)10-17/h11-14,16-19H,3-10H2,1-2H3/q+1. The fourth-order valence-corrected chi connectivity index (χ4v) is 3.67.